The number of amides is 1. The molecule has 0 unspecified atom stereocenters. The molecule has 0 aliphatic rings. The molecule has 0 saturated carbocycles. The third-order valence-corrected chi connectivity index (χ3v) is 3.15. The van der Waals surface area contributed by atoms with Crippen LogP contribution in [0.2, 0.25) is 0 Å². The van der Waals surface area contributed by atoms with E-state index in [1.165, 1.54) is 0 Å². The highest BCUT2D eigenvalue weighted by Gasteiger charge is 2.27. The average Bonchev–Trinajstić information content (AvgIpc) is 2.58. The summed E-state index contributed by atoms with van der Waals surface area (Å²) < 4.78 is 0. The van der Waals surface area contributed by atoms with Gasteiger partial charge in [-0.3, -0.25) is 4.79 Å². The summed E-state index contributed by atoms with van der Waals surface area (Å²) in [5.41, 5.74) is 6.50. The van der Waals surface area contributed by atoms with Crippen molar-refractivity contribution in [3.05, 3.63) is 16.1 Å². The summed E-state index contributed by atoms with van der Waals surface area (Å²) in [6.07, 6.45) is 0. The van der Waals surface area contributed by atoms with Crippen molar-refractivity contribution >= 4 is 17.2 Å². The van der Waals surface area contributed by atoms with Crippen molar-refractivity contribution in [1.29, 1.82) is 0 Å². The highest BCUT2D eigenvalue weighted by atomic mass is 32.1. The van der Waals surface area contributed by atoms with Crippen LogP contribution in [0.3, 0.4) is 0 Å². The number of nitrogens with two attached hydrogens (primary N) is 1. The molecule has 4 nitrogen and oxygen atoms in total. The van der Waals surface area contributed by atoms with Gasteiger partial charge in [0.1, 0.15) is 0 Å². The Morgan fingerprint density at radius 1 is 1.62 bits per heavy atom. The molecule has 0 spiro atoms. The zero-order chi connectivity index (χ0) is 12.3. The van der Waals surface area contributed by atoms with Crippen LogP contribution < -0.4 is 11.1 Å². The molecule has 1 aromatic heterocycles. The Morgan fingerprint density at radius 2 is 2.25 bits per heavy atom. The molecule has 5 heteroatoms. The van der Waals surface area contributed by atoms with Crippen LogP contribution in [0.15, 0.2) is 5.38 Å². The Hall–Kier alpha value is -0.940. The highest BCUT2D eigenvalue weighted by Crippen LogP contribution is 2.17. The van der Waals surface area contributed by atoms with E-state index in [4.69, 9.17) is 5.73 Å². The molecule has 3 N–H and O–H groups in total. The number of hydrogen-bond donors (Lipinski definition) is 2. The maximum absolute atomic E-state index is 11.7. The Kier molecular flexibility index (Phi) is 4.04. The molecule has 0 aliphatic carbocycles. The molecule has 0 aromatic carbocycles. The van der Waals surface area contributed by atoms with Crippen LogP contribution in [0.5, 0.6) is 0 Å². The first kappa shape index (κ1) is 13.1. The van der Waals surface area contributed by atoms with Gasteiger partial charge < -0.3 is 11.1 Å². The molecule has 1 heterocycles. The second-order valence-corrected chi connectivity index (χ2v) is 5.98. The van der Waals surface area contributed by atoms with Crippen molar-refractivity contribution in [1.82, 2.24) is 10.3 Å². The number of thiazole rings is 1. The molecule has 1 atom stereocenters. The monoisotopic (exact) mass is 241 g/mol. The number of carbonyl (C=O) groups excluding carboxylic acids is 1. The Morgan fingerprint density at radius 3 is 2.69 bits per heavy atom. The molecule has 1 aromatic rings. The van der Waals surface area contributed by atoms with Gasteiger partial charge in [-0.25, -0.2) is 4.98 Å². The van der Waals surface area contributed by atoms with Gasteiger partial charge in [0.25, 0.3) is 0 Å². The van der Waals surface area contributed by atoms with Crippen LogP contribution in [0.4, 0.5) is 0 Å². The van der Waals surface area contributed by atoms with E-state index >= 15 is 0 Å². The third-order valence-electron chi connectivity index (χ3n) is 2.33. The maximum atomic E-state index is 11.7. The van der Waals surface area contributed by atoms with E-state index < -0.39 is 6.04 Å². The van der Waals surface area contributed by atoms with Gasteiger partial charge in [-0.2, -0.15) is 0 Å². The molecular formula is C11H19N3OS. The lowest BCUT2D eigenvalue weighted by Gasteiger charge is -2.25. The summed E-state index contributed by atoms with van der Waals surface area (Å²) in [6, 6.07) is -0.493. The topological polar surface area (TPSA) is 68.0 Å². The zero-order valence-corrected chi connectivity index (χ0v) is 11.0. The minimum Gasteiger partial charge on any atom is -0.349 e. The third kappa shape index (κ3) is 3.57. The first-order valence-electron chi connectivity index (χ1n) is 5.25. The van der Waals surface area contributed by atoms with Crippen LogP contribution in [-0.4, -0.2) is 16.9 Å². The molecule has 16 heavy (non-hydrogen) atoms. The number of rotatable bonds is 3. The lowest BCUT2D eigenvalue weighted by molar-refractivity contribution is -0.124. The molecular weight excluding hydrogens is 222 g/mol. The van der Waals surface area contributed by atoms with Crippen LogP contribution in [0.1, 0.15) is 31.5 Å². The second kappa shape index (κ2) is 4.93. The summed E-state index contributed by atoms with van der Waals surface area (Å²) in [7, 11) is 0. The molecule has 0 aliphatic heterocycles. The van der Waals surface area contributed by atoms with E-state index in [-0.39, 0.29) is 11.3 Å². The largest absolute Gasteiger partial charge is 0.349 e. The number of nitrogens with zero attached hydrogens (tertiary/aromatic N) is 1. The van der Waals surface area contributed by atoms with Crippen molar-refractivity contribution in [2.75, 3.05) is 0 Å². The van der Waals surface area contributed by atoms with Crippen LogP contribution >= 0.6 is 11.3 Å². The van der Waals surface area contributed by atoms with Gasteiger partial charge >= 0.3 is 0 Å². The summed E-state index contributed by atoms with van der Waals surface area (Å²) in [5.74, 6) is -0.127. The van der Waals surface area contributed by atoms with Crippen LogP contribution in [0.25, 0.3) is 0 Å². The average molecular weight is 241 g/mol. The van der Waals surface area contributed by atoms with E-state index in [2.05, 4.69) is 10.3 Å². The molecule has 0 radical (unpaired) electrons. The minimum atomic E-state index is -0.493. The first-order valence-corrected chi connectivity index (χ1v) is 6.13. The molecule has 90 valence electrons. The lowest BCUT2D eigenvalue weighted by Crippen LogP contribution is -2.48. The number of nitrogens with one attached hydrogen (secondary N) is 1. The van der Waals surface area contributed by atoms with Crippen LogP contribution in [-0.2, 0) is 11.3 Å². The SMILES string of the molecule is Cc1nc(CNC(=O)[C@@H](N)C(C)(C)C)cs1. The summed E-state index contributed by atoms with van der Waals surface area (Å²) in [6.45, 7) is 8.24. The van der Waals surface area contributed by atoms with Gasteiger partial charge in [-0.1, -0.05) is 20.8 Å². The number of carbonyl (C=O) groups is 1. The van der Waals surface area contributed by atoms with E-state index in [0.717, 1.165) is 10.7 Å². The van der Waals surface area contributed by atoms with Crippen molar-refractivity contribution in [3.63, 3.8) is 0 Å². The zero-order valence-electron chi connectivity index (χ0n) is 10.2. The van der Waals surface area contributed by atoms with Gasteiger partial charge in [-0.15, -0.1) is 11.3 Å². The van der Waals surface area contributed by atoms with Gasteiger partial charge in [0, 0.05) is 5.38 Å². The van der Waals surface area contributed by atoms with E-state index in [1.54, 1.807) is 11.3 Å². The number of aromatic nitrogens is 1. The van der Waals surface area contributed by atoms with E-state index in [1.807, 2.05) is 33.1 Å². The van der Waals surface area contributed by atoms with Crippen molar-refractivity contribution in [2.24, 2.45) is 11.1 Å². The fraction of sp³-hybridized carbons (Fsp3) is 0.636. The first-order chi connectivity index (χ1) is 7.30. The van der Waals surface area contributed by atoms with Crippen molar-refractivity contribution in [2.45, 2.75) is 40.3 Å². The predicted molar refractivity (Wildman–Crippen MR) is 66.1 cm³/mol. The summed E-state index contributed by atoms with van der Waals surface area (Å²) in [4.78, 5) is 16.0. The number of aryl methyl sites for hydroxylation is 1. The normalized spacial score (nSPS) is 13.6. The fourth-order valence-electron chi connectivity index (χ4n) is 1.17. The second-order valence-electron chi connectivity index (χ2n) is 4.92. The summed E-state index contributed by atoms with van der Waals surface area (Å²) in [5, 5.41) is 5.75. The van der Waals surface area contributed by atoms with Crippen molar-refractivity contribution < 1.29 is 4.79 Å². The molecule has 1 rings (SSSR count). The maximum Gasteiger partial charge on any atom is 0.237 e. The van der Waals surface area contributed by atoms with E-state index in [9.17, 15) is 4.79 Å². The van der Waals surface area contributed by atoms with E-state index in [0.29, 0.717) is 6.54 Å². The molecule has 0 bridgehead atoms. The number of hydrogen-bond acceptors (Lipinski definition) is 4. The van der Waals surface area contributed by atoms with Crippen LogP contribution in [0, 0.1) is 12.3 Å². The summed E-state index contributed by atoms with van der Waals surface area (Å²) >= 11 is 1.58. The smallest absolute Gasteiger partial charge is 0.237 e. The van der Waals surface area contributed by atoms with Gasteiger partial charge in [0.15, 0.2) is 0 Å². The highest BCUT2D eigenvalue weighted by molar-refractivity contribution is 7.09. The fourth-order valence-corrected chi connectivity index (χ4v) is 1.78. The Bertz CT molecular complexity index is 368. The molecule has 0 fully saturated rings. The molecule has 1 amide bonds. The standard InChI is InChI=1S/C11H19N3OS/c1-7-14-8(6-16-7)5-13-10(15)9(12)11(2,3)4/h6,9H,5,12H2,1-4H3,(H,13,15)/t9-/m1/s1. The minimum absolute atomic E-state index is 0.127. The van der Waals surface area contributed by atoms with Gasteiger partial charge in [0.05, 0.1) is 23.3 Å². The van der Waals surface area contributed by atoms with Gasteiger partial charge in [-0.05, 0) is 12.3 Å². The Balaban J connectivity index is 2.47. The predicted octanol–water partition coefficient (Wildman–Crippen LogP) is 1.44. The van der Waals surface area contributed by atoms with Crippen molar-refractivity contribution in [3.8, 4) is 0 Å². The lowest BCUT2D eigenvalue weighted by atomic mass is 9.87. The quantitative estimate of drug-likeness (QED) is 0.841. The Labute approximate surface area is 100 Å². The van der Waals surface area contributed by atoms with Gasteiger partial charge in [0.2, 0.25) is 5.91 Å². The molecule has 0 saturated heterocycles.